The van der Waals surface area contributed by atoms with Crippen LogP contribution in [0.15, 0.2) is 48.5 Å². The highest BCUT2D eigenvalue weighted by Gasteiger charge is 2.35. The first-order chi connectivity index (χ1) is 14.2. The third-order valence-electron chi connectivity index (χ3n) is 5.87. The molecule has 7 heteroatoms. The van der Waals surface area contributed by atoms with Crippen molar-refractivity contribution in [3.05, 3.63) is 70.8 Å². The minimum Gasteiger partial charge on any atom is -0.465 e. The molecule has 2 aromatic rings. The number of benzene rings is 2. The number of ether oxygens (including phenoxy) is 1. The van der Waals surface area contributed by atoms with Crippen molar-refractivity contribution < 1.29 is 27.8 Å². The number of alkyl halides is 3. The minimum atomic E-state index is -4.37. The molecule has 0 atom stereocenters. The van der Waals surface area contributed by atoms with E-state index in [4.69, 9.17) is 4.74 Å². The molecule has 1 aliphatic heterocycles. The predicted molar refractivity (Wildman–Crippen MR) is 107 cm³/mol. The van der Waals surface area contributed by atoms with Gasteiger partial charge in [0, 0.05) is 13.2 Å². The van der Waals surface area contributed by atoms with Crippen molar-refractivity contribution in [3.8, 4) is 0 Å². The Kier molecular flexibility index (Phi) is 6.83. The van der Waals surface area contributed by atoms with Gasteiger partial charge in [0.2, 0.25) is 0 Å². The Bertz CT molecular complexity index is 857. The number of halogens is 3. The fourth-order valence-corrected chi connectivity index (χ4v) is 3.99. The first kappa shape index (κ1) is 22.3. The molecule has 4 nitrogen and oxygen atoms in total. The third-order valence-corrected chi connectivity index (χ3v) is 5.87. The Hall–Kier alpha value is -2.38. The molecule has 1 heterocycles. The van der Waals surface area contributed by atoms with Gasteiger partial charge in [0.15, 0.2) is 0 Å². The molecule has 0 unspecified atom stereocenters. The Balaban J connectivity index is 1.60. The lowest BCUT2D eigenvalue weighted by Gasteiger charge is -2.41. The van der Waals surface area contributed by atoms with Crippen LogP contribution in [0, 0.1) is 5.41 Å². The number of carbonyl (C=O) groups excluding carboxylic acids is 1. The quantitative estimate of drug-likeness (QED) is 0.707. The Morgan fingerprint density at radius 3 is 2.33 bits per heavy atom. The molecule has 1 saturated heterocycles. The summed E-state index contributed by atoms with van der Waals surface area (Å²) in [4.78, 5) is 13.8. The fourth-order valence-electron chi connectivity index (χ4n) is 3.99. The molecule has 1 aliphatic rings. The van der Waals surface area contributed by atoms with Crippen LogP contribution < -0.4 is 0 Å². The lowest BCUT2D eigenvalue weighted by molar-refractivity contribution is -0.137. The summed E-state index contributed by atoms with van der Waals surface area (Å²) in [5, 5.41) is 10.0. The smallest absolute Gasteiger partial charge is 0.416 e. The standard InChI is InChI=1S/C23H26F3NO3/c1-30-21(29)19-7-5-17(6-8-19)15-27-11-9-22(16-28,10-12-27)14-18-3-2-4-20(13-18)23(24,25)26/h2-8,13,28H,9-12,14-16H2,1H3. The second-order valence-corrected chi connectivity index (χ2v) is 8.00. The molecule has 0 spiro atoms. The molecule has 0 aliphatic carbocycles. The van der Waals surface area contributed by atoms with Gasteiger partial charge in [0.1, 0.15) is 0 Å². The van der Waals surface area contributed by atoms with Crippen molar-refractivity contribution >= 4 is 5.97 Å². The van der Waals surface area contributed by atoms with Crippen LogP contribution in [-0.2, 0) is 23.9 Å². The maximum Gasteiger partial charge on any atom is 0.416 e. The van der Waals surface area contributed by atoms with Crippen LogP contribution in [0.3, 0.4) is 0 Å². The summed E-state index contributed by atoms with van der Waals surface area (Å²) in [6.07, 6.45) is -2.52. The normalized spacial score (nSPS) is 17.0. The first-order valence-corrected chi connectivity index (χ1v) is 9.91. The molecule has 30 heavy (non-hydrogen) atoms. The molecule has 0 radical (unpaired) electrons. The van der Waals surface area contributed by atoms with E-state index in [1.165, 1.54) is 19.2 Å². The van der Waals surface area contributed by atoms with Crippen LogP contribution in [0.5, 0.6) is 0 Å². The van der Waals surface area contributed by atoms with Gasteiger partial charge in [0.05, 0.1) is 18.2 Å². The molecule has 0 bridgehead atoms. The van der Waals surface area contributed by atoms with E-state index in [2.05, 4.69) is 4.90 Å². The van der Waals surface area contributed by atoms with Crippen LogP contribution in [-0.4, -0.2) is 42.8 Å². The van der Waals surface area contributed by atoms with E-state index in [9.17, 15) is 23.1 Å². The van der Waals surface area contributed by atoms with Gasteiger partial charge in [-0.25, -0.2) is 4.79 Å². The number of nitrogens with zero attached hydrogens (tertiary/aromatic N) is 1. The van der Waals surface area contributed by atoms with Crippen molar-refractivity contribution in [2.24, 2.45) is 5.41 Å². The first-order valence-electron chi connectivity index (χ1n) is 9.91. The molecule has 0 aromatic heterocycles. The van der Waals surface area contributed by atoms with Gasteiger partial charge >= 0.3 is 12.1 Å². The highest BCUT2D eigenvalue weighted by Crippen LogP contribution is 2.37. The minimum absolute atomic E-state index is 0.0507. The Labute approximate surface area is 174 Å². The molecule has 0 saturated carbocycles. The third kappa shape index (κ3) is 5.40. The average molecular weight is 421 g/mol. The summed E-state index contributed by atoms with van der Waals surface area (Å²) in [6.45, 7) is 2.16. The highest BCUT2D eigenvalue weighted by molar-refractivity contribution is 5.89. The number of hydrogen-bond acceptors (Lipinski definition) is 4. The lowest BCUT2D eigenvalue weighted by Crippen LogP contribution is -2.42. The Morgan fingerprint density at radius 1 is 1.10 bits per heavy atom. The summed E-state index contributed by atoms with van der Waals surface area (Å²) >= 11 is 0. The largest absolute Gasteiger partial charge is 0.465 e. The Morgan fingerprint density at radius 2 is 1.77 bits per heavy atom. The van der Waals surface area contributed by atoms with Crippen molar-refractivity contribution in [2.75, 3.05) is 26.8 Å². The number of aliphatic hydroxyl groups is 1. The zero-order chi connectivity index (χ0) is 21.8. The molecule has 0 amide bonds. The number of piperidine rings is 1. The maximum absolute atomic E-state index is 13.0. The van der Waals surface area contributed by atoms with Crippen LogP contribution in [0.1, 0.15) is 39.9 Å². The van der Waals surface area contributed by atoms with Gasteiger partial charge in [-0.15, -0.1) is 0 Å². The molecule has 1 N–H and O–H groups in total. The number of hydrogen-bond donors (Lipinski definition) is 1. The van der Waals surface area contributed by atoms with Gasteiger partial charge in [-0.3, -0.25) is 4.90 Å². The summed E-state index contributed by atoms with van der Waals surface area (Å²) in [6, 6.07) is 12.6. The number of esters is 1. The van der Waals surface area contributed by atoms with E-state index >= 15 is 0 Å². The van der Waals surface area contributed by atoms with Crippen LogP contribution >= 0.6 is 0 Å². The zero-order valence-corrected chi connectivity index (χ0v) is 16.9. The maximum atomic E-state index is 13.0. The van der Waals surface area contributed by atoms with E-state index in [1.807, 2.05) is 12.1 Å². The summed E-state index contributed by atoms with van der Waals surface area (Å²) < 4.78 is 43.7. The lowest BCUT2D eigenvalue weighted by atomic mass is 9.74. The summed E-state index contributed by atoms with van der Waals surface area (Å²) in [5.74, 6) is -0.373. The van der Waals surface area contributed by atoms with E-state index in [0.717, 1.165) is 24.7 Å². The number of methoxy groups -OCH3 is 1. The average Bonchev–Trinajstić information content (AvgIpc) is 2.75. The molecule has 2 aromatic carbocycles. The highest BCUT2D eigenvalue weighted by atomic mass is 19.4. The molecule has 162 valence electrons. The monoisotopic (exact) mass is 421 g/mol. The number of likely N-dealkylation sites (tertiary alicyclic amines) is 1. The van der Waals surface area contributed by atoms with E-state index < -0.39 is 17.2 Å². The summed E-state index contributed by atoms with van der Waals surface area (Å²) in [7, 11) is 1.34. The summed E-state index contributed by atoms with van der Waals surface area (Å²) in [5.41, 5.74) is 1.11. The molecular weight excluding hydrogens is 395 g/mol. The van der Waals surface area contributed by atoms with Gasteiger partial charge in [-0.2, -0.15) is 13.2 Å². The van der Waals surface area contributed by atoms with Crippen molar-refractivity contribution in [1.82, 2.24) is 4.90 Å². The molecule has 1 fully saturated rings. The van der Waals surface area contributed by atoms with E-state index in [0.29, 0.717) is 36.9 Å². The van der Waals surface area contributed by atoms with E-state index in [1.54, 1.807) is 18.2 Å². The number of rotatable bonds is 6. The van der Waals surface area contributed by atoms with Crippen molar-refractivity contribution in [1.29, 1.82) is 0 Å². The van der Waals surface area contributed by atoms with Gasteiger partial charge in [0.25, 0.3) is 0 Å². The van der Waals surface area contributed by atoms with Crippen LogP contribution in [0.2, 0.25) is 0 Å². The van der Waals surface area contributed by atoms with Crippen molar-refractivity contribution in [3.63, 3.8) is 0 Å². The van der Waals surface area contributed by atoms with Gasteiger partial charge in [-0.1, -0.05) is 30.3 Å². The molecule has 3 rings (SSSR count). The van der Waals surface area contributed by atoms with Crippen molar-refractivity contribution in [2.45, 2.75) is 32.0 Å². The number of aliphatic hydroxyl groups excluding tert-OH is 1. The zero-order valence-electron chi connectivity index (χ0n) is 16.9. The van der Waals surface area contributed by atoms with Gasteiger partial charge in [-0.05, 0) is 67.1 Å². The number of carbonyl (C=O) groups is 1. The van der Waals surface area contributed by atoms with Crippen LogP contribution in [0.25, 0.3) is 0 Å². The second kappa shape index (κ2) is 9.18. The fraction of sp³-hybridized carbons (Fsp3) is 0.435. The van der Waals surface area contributed by atoms with E-state index in [-0.39, 0.29) is 12.6 Å². The topological polar surface area (TPSA) is 49.8 Å². The predicted octanol–water partition coefficient (Wildman–Crippen LogP) is 4.31. The van der Waals surface area contributed by atoms with Crippen LogP contribution in [0.4, 0.5) is 13.2 Å². The molecular formula is C23H26F3NO3. The SMILES string of the molecule is COC(=O)c1ccc(CN2CCC(CO)(Cc3cccc(C(F)(F)F)c3)CC2)cc1. The second-order valence-electron chi connectivity index (χ2n) is 8.00. The van der Waals surface area contributed by atoms with Gasteiger partial charge < -0.3 is 9.84 Å².